The van der Waals surface area contributed by atoms with Gasteiger partial charge in [0, 0.05) is 35.4 Å². The van der Waals surface area contributed by atoms with Crippen LogP contribution in [0.5, 0.6) is 0 Å². The molecule has 1 aromatic heterocycles. The Balaban J connectivity index is 1.96. The minimum Gasteiger partial charge on any atom is -0.384 e. The number of nitrogens with zero attached hydrogens (tertiary/aromatic N) is 1. The van der Waals surface area contributed by atoms with E-state index in [1.807, 2.05) is 24.3 Å². The Kier molecular flexibility index (Phi) is 4.82. The third-order valence-electron chi connectivity index (χ3n) is 3.73. The maximum atomic E-state index is 13.4. The molecule has 3 aromatic rings. The summed E-state index contributed by atoms with van der Waals surface area (Å²) in [6.45, 7) is 7.40. The van der Waals surface area contributed by atoms with Crippen molar-refractivity contribution in [2.75, 3.05) is 17.2 Å². The van der Waals surface area contributed by atoms with E-state index < -0.39 is 0 Å². The molecule has 0 atom stereocenters. The summed E-state index contributed by atoms with van der Waals surface area (Å²) < 4.78 is 13.4. The number of hydrogen-bond acceptors (Lipinski definition) is 3. The van der Waals surface area contributed by atoms with Gasteiger partial charge in [-0.15, -0.1) is 0 Å². The van der Waals surface area contributed by atoms with Gasteiger partial charge in [-0.1, -0.05) is 39.0 Å². The normalized spacial score (nSPS) is 11.6. The fourth-order valence-corrected chi connectivity index (χ4v) is 2.67. The van der Waals surface area contributed by atoms with Crippen molar-refractivity contribution < 1.29 is 16.0 Å². The molecule has 130 valence electrons. The monoisotopic (exact) mass is 358 g/mol. The fourth-order valence-electron chi connectivity index (χ4n) is 2.48. The minimum atomic E-state index is -0.389. The van der Waals surface area contributed by atoms with Crippen molar-refractivity contribution in [3.8, 4) is 0 Å². The van der Waals surface area contributed by atoms with Crippen molar-refractivity contribution in [1.29, 1.82) is 0 Å². The van der Waals surface area contributed by atoms with Crippen LogP contribution >= 0.6 is 0 Å². The highest BCUT2D eigenvalue weighted by Crippen LogP contribution is 2.28. The molecule has 25 heavy (non-hydrogen) atoms. The molecule has 3 rings (SSSR count). The first-order valence-electron chi connectivity index (χ1n) is 8.19. The zero-order valence-electron chi connectivity index (χ0n) is 14.6. The minimum absolute atomic E-state index is 0.159. The second kappa shape index (κ2) is 6.89. The predicted octanol–water partition coefficient (Wildman–Crippen LogP) is 5.27. The number of halogens is 2. The highest BCUT2D eigenvalue weighted by Gasteiger charge is 2.13. The van der Waals surface area contributed by atoms with E-state index in [9.17, 15) is 4.39 Å². The summed E-state index contributed by atoms with van der Waals surface area (Å²) in [5, 5.41) is 7.99. The Hall–Kier alpha value is -2.33. The van der Waals surface area contributed by atoms with Crippen molar-refractivity contribution in [2.45, 2.75) is 20.8 Å². The van der Waals surface area contributed by atoms with Crippen LogP contribution in [0.3, 0.4) is 0 Å². The van der Waals surface area contributed by atoms with E-state index in [0.717, 1.165) is 28.8 Å². The van der Waals surface area contributed by atoms with E-state index in [-0.39, 0.29) is 16.3 Å². The molecule has 0 amide bonds. The van der Waals surface area contributed by atoms with Crippen molar-refractivity contribution in [3.63, 3.8) is 0 Å². The summed E-state index contributed by atoms with van der Waals surface area (Å²) in [7, 11) is 0. The number of aromatic nitrogens is 1. The van der Waals surface area contributed by atoms with Gasteiger partial charge in [0.15, 0.2) is 17.4 Å². The summed E-state index contributed by atoms with van der Waals surface area (Å²) in [4.78, 5) is 4.65. The van der Waals surface area contributed by atoms with E-state index in [2.05, 4.69) is 42.5 Å². The van der Waals surface area contributed by atoms with Crippen LogP contribution in [-0.2, 0) is 0 Å². The maximum absolute atomic E-state index is 13.4. The largest absolute Gasteiger partial charge is 0.384 e. The fraction of sp³-hybridized carbons (Fsp3) is 0.250. The van der Waals surface area contributed by atoms with Crippen LogP contribution in [0.4, 0.5) is 21.6 Å². The molecule has 0 saturated heterocycles. The number of nitrogens with one attached hydrogen (secondary N) is 2. The Morgan fingerprint density at radius 3 is 2.56 bits per heavy atom. The number of para-hydroxylation sites is 1. The molecule has 3 nitrogen and oxygen atoms in total. The van der Waals surface area contributed by atoms with Crippen LogP contribution in [-0.4, -0.2) is 11.5 Å². The zero-order chi connectivity index (χ0) is 18.0. The molecular formula is C20H22ClFN3+. The molecule has 0 fully saturated rings. The van der Waals surface area contributed by atoms with E-state index in [1.54, 1.807) is 12.1 Å². The number of anilines is 3. The third-order valence-corrected chi connectivity index (χ3v) is 4.04. The molecule has 2 N–H and O–H groups in total. The molecule has 0 saturated carbocycles. The van der Waals surface area contributed by atoms with Gasteiger partial charge in [-0.25, -0.2) is 9.37 Å². The molecule has 0 bridgehead atoms. The molecule has 0 spiro atoms. The van der Waals surface area contributed by atoms with Crippen molar-refractivity contribution in [1.82, 2.24) is 4.98 Å². The van der Waals surface area contributed by atoms with Gasteiger partial charge in [-0.05, 0) is 23.6 Å². The molecule has 0 unspecified atom stereocenters. The summed E-state index contributed by atoms with van der Waals surface area (Å²) >= 11 is 4.99. The standard InChI is InChI=1S/C20H22ClFN3/c1-20(2,3)12-23-18-11-19(25-17-7-5-4-6-14(17)18)24-13-8-9-16(22)15(21)10-13/h4-11,21H,12H2,1-3H3,(H2,23,24,25)/q+1. The summed E-state index contributed by atoms with van der Waals surface area (Å²) in [6, 6.07) is 14.6. The van der Waals surface area contributed by atoms with Crippen LogP contribution in [0.1, 0.15) is 20.8 Å². The van der Waals surface area contributed by atoms with E-state index >= 15 is 0 Å². The van der Waals surface area contributed by atoms with Gasteiger partial charge in [0.1, 0.15) is 5.82 Å². The molecule has 5 heteroatoms. The SMILES string of the molecule is CC(C)(C)CNc1cc(Nc2ccc(F)c([ClH+])c2)nc2ccccc12. The average molecular weight is 359 g/mol. The summed E-state index contributed by atoms with van der Waals surface area (Å²) in [5.74, 6) is 0.302. The number of hydrogen-bond donors (Lipinski definition) is 2. The van der Waals surface area contributed by atoms with Crippen LogP contribution in [0.25, 0.3) is 10.9 Å². The van der Waals surface area contributed by atoms with E-state index in [0.29, 0.717) is 5.82 Å². The molecule has 1 heterocycles. The van der Waals surface area contributed by atoms with Gasteiger partial charge in [0.25, 0.3) is 5.02 Å². The molecule has 2 aromatic carbocycles. The quantitative estimate of drug-likeness (QED) is 0.667. The van der Waals surface area contributed by atoms with Gasteiger partial charge in [-0.2, -0.15) is 0 Å². The molecule has 0 aliphatic rings. The van der Waals surface area contributed by atoms with Crippen LogP contribution in [0, 0.1) is 22.8 Å². The van der Waals surface area contributed by atoms with Gasteiger partial charge in [0.2, 0.25) is 0 Å². The first-order chi connectivity index (χ1) is 11.8. The van der Waals surface area contributed by atoms with E-state index in [1.165, 1.54) is 6.07 Å². The summed E-state index contributed by atoms with van der Waals surface area (Å²) in [5.41, 5.74) is 2.79. The first-order valence-corrected chi connectivity index (χ1v) is 8.60. The zero-order valence-corrected chi connectivity index (χ0v) is 15.4. The van der Waals surface area contributed by atoms with Crippen molar-refractivity contribution in [2.24, 2.45) is 5.41 Å². The maximum Gasteiger partial charge on any atom is 0.263 e. The van der Waals surface area contributed by atoms with Crippen LogP contribution in [0.2, 0.25) is 5.02 Å². The predicted molar refractivity (Wildman–Crippen MR) is 99.9 cm³/mol. The van der Waals surface area contributed by atoms with Gasteiger partial charge >= 0.3 is 0 Å². The van der Waals surface area contributed by atoms with Crippen molar-refractivity contribution in [3.05, 3.63) is 59.4 Å². The lowest BCUT2D eigenvalue weighted by atomic mass is 9.97. The number of pyridine rings is 1. The highest BCUT2D eigenvalue weighted by atomic mass is 35.5. The van der Waals surface area contributed by atoms with Gasteiger partial charge in [-0.3, -0.25) is 0 Å². The second-order valence-corrected chi connectivity index (χ2v) is 7.70. The third kappa shape index (κ3) is 4.40. The lowest BCUT2D eigenvalue weighted by molar-refractivity contribution is -0.293. The Labute approximate surface area is 152 Å². The lowest BCUT2D eigenvalue weighted by Gasteiger charge is -2.21. The first kappa shape index (κ1) is 17.5. The van der Waals surface area contributed by atoms with Gasteiger partial charge in [0.05, 0.1) is 5.52 Å². The molecular weight excluding hydrogens is 337 g/mol. The number of rotatable bonds is 4. The molecule has 0 radical (unpaired) electrons. The van der Waals surface area contributed by atoms with Crippen LogP contribution < -0.4 is 10.6 Å². The highest BCUT2D eigenvalue weighted by molar-refractivity contribution is 5.93. The number of benzene rings is 2. The smallest absolute Gasteiger partial charge is 0.263 e. The Bertz CT molecular complexity index is 903. The molecule has 0 aliphatic carbocycles. The van der Waals surface area contributed by atoms with E-state index in [4.69, 9.17) is 11.6 Å². The Morgan fingerprint density at radius 2 is 1.84 bits per heavy atom. The topological polar surface area (TPSA) is 37.0 Å². The second-order valence-electron chi connectivity index (χ2n) is 7.26. The lowest BCUT2D eigenvalue weighted by Crippen LogP contribution is -2.19. The average Bonchev–Trinajstić information content (AvgIpc) is 2.55. The number of fused-ring (bicyclic) bond motifs is 1. The molecule has 0 aliphatic heterocycles. The van der Waals surface area contributed by atoms with Crippen LogP contribution in [0.15, 0.2) is 48.5 Å². The van der Waals surface area contributed by atoms with Crippen molar-refractivity contribution >= 4 is 28.1 Å². The summed E-state index contributed by atoms with van der Waals surface area (Å²) in [6.07, 6.45) is 0. The Morgan fingerprint density at radius 1 is 1.08 bits per heavy atom. The van der Waals surface area contributed by atoms with Gasteiger partial charge < -0.3 is 10.6 Å².